The Hall–Kier alpha value is -2.28. The summed E-state index contributed by atoms with van der Waals surface area (Å²) < 4.78 is 0. The first-order valence-corrected chi connectivity index (χ1v) is 10.4. The molecule has 1 rings (SSSR count). The van der Waals surface area contributed by atoms with Gasteiger partial charge in [-0.1, -0.05) is 0 Å². The van der Waals surface area contributed by atoms with E-state index in [-0.39, 0.29) is 19.6 Å². The van der Waals surface area contributed by atoms with E-state index in [2.05, 4.69) is 0 Å². The Balaban J connectivity index is 2.95. The van der Waals surface area contributed by atoms with E-state index in [4.69, 9.17) is 5.11 Å². The van der Waals surface area contributed by atoms with Crippen molar-refractivity contribution in [3.63, 3.8) is 0 Å². The Kier molecular flexibility index (Phi) is 12.0. The zero-order valence-corrected chi connectivity index (χ0v) is 18.0. The number of hydrogen-bond donors (Lipinski definition) is 4. The minimum atomic E-state index is -0.981. The summed E-state index contributed by atoms with van der Waals surface area (Å²) in [7, 11) is 0. The largest absolute Gasteiger partial charge is 0.480 e. The van der Waals surface area contributed by atoms with Crippen LogP contribution in [0.15, 0.2) is 0 Å². The second kappa shape index (κ2) is 13.9. The molecule has 31 heavy (non-hydrogen) atoms. The first-order chi connectivity index (χ1) is 14.6. The van der Waals surface area contributed by atoms with Crippen molar-refractivity contribution in [3.05, 3.63) is 0 Å². The predicted octanol–water partition coefficient (Wildman–Crippen LogP) is -1.28. The van der Waals surface area contributed by atoms with E-state index in [0.717, 1.165) is 0 Å². The Bertz CT molecular complexity index is 618. The first kappa shape index (κ1) is 26.8. The zero-order chi connectivity index (χ0) is 23.4. The summed E-state index contributed by atoms with van der Waals surface area (Å²) in [6.07, 6.45) is 1.07. The predicted molar refractivity (Wildman–Crippen MR) is 110 cm³/mol. The van der Waals surface area contributed by atoms with Crippen LogP contribution in [-0.2, 0) is 19.2 Å². The molecule has 4 N–H and O–H groups in total. The quantitative estimate of drug-likeness (QED) is 0.350. The molecule has 0 amide bonds. The van der Waals surface area contributed by atoms with Crippen LogP contribution in [0, 0.1) is 0 Å². The molecule has 12 nitrogen and oxygen atoms in total. The van der Waals surface area contributed by atoms with Gasteiger partial charge in [0.05, 0.1) is 19.6 Å². The average molecular weight is 447 g/mol. The smallest absolute Gasteiger partial charge is 0.320 e. The van der Waals surface area contributed by atoms with E-state index in [1.54, 1.807) is 26.5 Å². The SMILES string of the molecule is CC(C(=O)O)N1CCCN(CC(=O)O)CCN(CC(=O)O)CCCN(CC(=O)O)CC1. The summed E-state index contributed by atoms with van der Waals surface area (Å²) in [6, 6.07) is -0.751. The number of nitrogens with zero attached hydrogens (tertiary/aromatic N) is 4. The molecule has 0 aliphatic carbocycles. The fourth-order valence-corrected chi connectivity index (χ4v) is 3.61. The summed E-state index contributed by atoms with van der Waals surface area (Å²) in [4.78, 5) is 52.0. The third-order valence-corrected chi connectivity index (χ3v) is 5.29. The summed E-state index contributed by atoms with van der Waals surface area (Å²) in [5.74, 6) is -3.92. The normalized spacial score (nSPS) is 20.5. The highest BCUT2D eigenvalue weighted by atomic mass is 16.4. The third-order valence-electron chi connectivity index (χ3n) is 5.29. The van der Waals surface area contributed by atoms with Crippen LogP contribution in [-0.4, -0.2) is 142 Å². The molecule has 0 spiro atoms. The van der Waals surface area contributed by atoms with Gasteiger partial charge in [0.1, 0.15) is 6.04 Å². The Morgan fingerprint density at radius 3 is 1.32 bits per heavy atom. The maximum absolute atomic E-state index is 11.5. The fourth-order valence-electron chi connectivity index (χ4n) is 3.61. The molecule has 12 heteroatoms. The first-order valence-electron chi connectivity index (χ1n) is 10.4. The number of hydrogen-bond acceptors (Lipinski definition) is 8. The lowest BCUT2D eigenvalue weighted by Crippen LogP contribution is -2.47. The third kappa shape index (κ3) is 11.6. The van der Waals surface area contributed by atoms with E-state index in [9.17, 15) is 34.5 Å². The molecule has 1 saturated heterocycles. The Labute approximate surface area is 181 Å². The fraction of sp³-hybridized carbons (Fsp3) is 0.789. The van der Waals surface area contributed by atoms with Crippen LogP contribution in [0.2, 0.25) is 0 Å². The summed E-state index contributed by atoms with van der Waals surface area (Å²) >= 11 is 0. The van der Waals surface area contributed by atoms with Crippen LogP contribution in [0.4, 0.5) is 0 Å². The van der Waals surface area contributed by atoms with Gasteiger partial charge in [-0.25, -0.2) is 0 Å². The van der Waals surface area contributed by atoms with Crippen molar-refractivity contribution in [3.8, 4) is 0 Å². The van der Waals surface area contributed by atoms with E-state index >= 15 is 0 Å². The molecule has 0 aromatic rings. The number of aliphatic carboxylic acids is 4. The van der Waals surface area contributed by atoms with Crippen molar-refractivity contribution in [1.82, 2.24) is 19.6 Å². The molecular formula is C19H34N4O8. The lowest BCUT2D eigenvalue weighted by atomic mass is 10.2. The highest BCUT2D eigenvalue weighted by molar-refractivity contribution is 5.73. The molecule has 0 radical (unpaired) electrons. The maximum Gasteiger partial charge on any atom is 0.320 e. The van der Waals surface area contributed by atoms with Crippen LogP contribution >= 0.6 is 0 Å². The van der Waals surface area contributed by atoms with Crippen molar-refractivity contribution in [2.75, 3.05) is 72.0 Å². The van der Waals surface area contributed by atoms with E-state index in [1.807, 2.05) is 0 Å². The molecule has 0 aromatic carbocycles. The molecule has 1 aliphatic heterocycles. The molecule has 1 unspecified atom stereocenters. The highest BCUT2D eigenvalue weighted by Crippen LogP contribution is 2.06. The molecule has 0 bridgehead atoms. The van der Waals surface area contributed by atoms with E-state index in [0.29, 0.717) is 65.2 Å². The molecule has 1 heterocycles. The van der Waals surface area contributed by atoms with Gasteiger partial charge in [0.25, 0.3) is 0 Å². The van der Waals surface area contributed by atoms with Crippen LogP contribution in [0.5, 0.6) is 0 Å². The molecule has 0 saturated carbocycles. The number of rotatable bonds is 8. The van der Waals surface area contributed by atoms with E-state index < -0.39 is 29.9 Å². The Morgan fingerprint density at radius 2 is 0.968 bits per heavy atom. The standard InChI is InChI=1S/C19H34N4O8/c1-15(19(30)31)23-7-3-6-21(13-17(26)27)9-8-20(12-16(24)25)4-2-5-22(10-11-23)14-18(28)29/h15H,2-14H2,1H3,(H,24,25)(H,26,27)(H,28,29)(H,30,31). The lowest BCUT2D eigenvalue weighted by molar-refractivity contribution is -0.143. The highest BCUT2D eigenvalue weighted by Gasteiger charge is 2.23. The van der Waals surface area contributed by atoms with Gasteiger partial charge in [-0.05, 0) is 19.8 Å². The van der Waals surface area contributed by atoms with Crippen LogP contribution in [0.25, 0.3) is 0 Å². The van der Waals surface area contributed by atoms with Crippen molar-refractivity contribution in [2.45, 2.75) is 25.8 Å². The average Bonchev–Trinajstić information content (AvgIpc) is 2.65. The number of carbonyl (C=O) groups is 4. The minimum Gasteiger partial charge on any atom is -0.480 e. The van der Waals surface area contributed by atoms with Gasteiger partial charge >= 0.3 is 23.9 Å². The second-order valence-electron chi connectivity index (χ2n) is 7.77. The van der Waals surface area contributed by atoms with Gasteiger partial charge in [-0.3, -0.25) is 38.8 Å². The number of carboxylic acid groups (broad SMARTS) is 4. The van der Waals surface area contributed by atoms with Gasteiger partial charge in [0, 0.05) is 52.4 Å². The minimum absolute atomic E-state index is 0.177. The maximum atomic E-state index is 11.5. The number of carboxylic acids is 4. The second-order valence-corrected chi connectivity index (χ2v) is 7.77. The molecule has 0 aromatic heterocycles. The molecular weight excluding hydrogens is 412 g/mol. The molecule has 1 fully saturated rings. The summed E-state index contributed by atoms with van der Waals surface area (Å²) in [6.45, 7) is 4.20. The monoisotopic (exact) mass is 446 g/mol. The van der Waals surface area contributed by atoms with Crippen molar-refractivity contribution in [2.24, 2.45) is 0 Å². The van der Waals surface area contributed by atoms with Gasteiger partial charge < -0.3 is 20.4 Å². The van der Waals surface area contributed by atoms with Gasteiger partial charge in [-0.15, -0.1) is 0 Å². The lowest BCUT2D eigenvalue weighted by Gasteiger charge is -2.32. The molecule has 178 valence electrons. The van der Waals surface area contributed by atoms with Crippen molar-refractivity contribution >= 4 is 23.9 Å². The van der Waals surface area contributed by atoms with Gasteiger partial charge in [-0.2, -0.15) is 0 Å². The zero-order valence-electron chi connectivity index (χ0n) is 18.0. The van der Waals surface area contributed by atoms with Crippen molar-refractivity contribution < 1.29 is 39.6 Å². The molecule has 1 aliphatic rings. The van der Waals surface area contributed by atoms with Crippen LogP contribution < -0.4 is 0 Å². The van der Waals surface area contributed by atoms with Gasteiger partial charge in [0.15, 0.2) is 0 Å². The molecule has 1 atom stereocenters. The topological polar surface area (TPSA) is 162 Å². The van der Waals surface area contributed by atoms with Crippen LogP contribution in [0.3, 0.4) is 0 Å². The van der Waals surface area contributed by atoms with Crippen LogP contribution in [0.1, 0.15) is 19.8 Å². The van der Waals surface area contributed by atoms with Gasteiger partial charge in [0.2, 0.25) is 0 Å². The summed E-state index contributed by atoms with van der Waals surface area (Å²) in [5.41, 5.74) is 0. The van der Waals surface area contributed by atoms with Crippen molar-refractivity contribution in [1.29, 1.82) is 0 Å². The van der Waals surface area contributed by atoms with E-state index in [1.165, 1.54) is 0 Å². The summed E-state index contributed by atoms with van der Waals surface area (Å²) in [5, 5.41) is 36.9. The Morgan fingerprint density at radius 1 is 0.613 bits per heavy atom.